The van der Waals surface area contributed by atoms with Crippen LogP contribution in [0.25, 0.3) is 0 Å². The van der Waals surface area contributed by atoms with E-state index in [1.54, 1.807) is 18.3 Å². The number of hydrogen-bond acceptors (Lipinski definition) is 4. The number of nitrogens with zero attached hydrogens (tertiary/aromatic N) is 1. The summed E-state index contributed by atoms with van der Waals surface area (Å²) in [5, 5.41) is 2.98. The summed E-state index contributed by atoms with van der Waals surface area (Å²) in [5.41, 5.74) is 2.68. The highest BCUT2D eigenvalue weighted by Crippen LogP contribution is 2.15. The second-order valence-corrected chi connectivity index (χ2v) is 7.90. The van der Waals surface area contributed by atoms with Crippen molar-refractivity contribution in [1.82, 2.24) is 10.3 Å². The van der Waals surface area contributed by atoms with Crippen molar-refractivity contribution in [3.8, 4) is 0 Å². The number of amides is 1. The quantitative estimate of drug-likeness (QED) is 0.872. The van der Waals surface area contributed by atoms with Gasteiger partial charge >= 0.3 is 0 Å². The molecule has 0 spiro atoms. The molecule has 128 valence electrons. The van der Waals surface area contributed by atoms with E-state index in [1.165, 1.54) is 12.1 Å². The van der Waals surface area contributed by atoms with E-state index in [0.717, 1.165) is 29.5 Å². The normalized spacial score (nSPS) is 12.6. The highest BCUT2D eigenvalue weighted by Gasteiger charge is 2.14. The summed E-state index contributed by atoms with van der Waals surface area (Å²) in [6, 6.07) is 10.1. The molecule has 1 aromatic heterocycles. The monoisotopic (exact) mass is 346 g/mol. The lowest BCUT2D eigenvalue weighted by Crippen LogP contribution is -2.30. The Morgan fingerprint density at radius 3 is 2.33 bits per heavy atom. The third kappa shape index (κ3) is 4.89. The minimum Gasteiger partial charge on any atom is -0.347 e. The van der Waals surface area contributed by atoms with Gasteiger partial charge in [0.05, 0.1) is 23.1 Å². The second kappa shape index (κ2) is 7.57. The zero-order valence-corrected chi connectivity index (χ0v) is 14.9. The maximum atomic E-state index is 12.2. The molecule has 0 bridgehead atoms. The lowest BCUT2D eigenvalue weighted by Gasteiger charge is -2.16. The van der Waals surface area contributed by atoms with E-state index in [1.807, 2.05) is 26.0 Å². The van der Waals surface area contributed by atoms with Crippen LogP contribution in [0.5, 0.6) is 0 Å². The topological polar surface area (TPSA) is 76.1 Å². The number of nitrogens with one attached hydrogen (secondary N) is 1. The standard InChI is InChI=1S/C18H22N2O3S/c1-4-16(17-10-5-13(2)12-19-17)20-18(21)11-14-6-8-15(9-7-14)24(3,22)23/h5-10,12,16H,4,11H2,1-3H3,(H,20,21)/t16-/m0/s1. The van der Waals surface area contributed by atoms with Gasteiger partial charge in [-0.05, 0) is 42.7 Å². The SMILES string of the molecule is CC[C@H](NC(=O)Cc1ccc(S(C)(=O)=O)cc1)c1ccc(C)cn1. The molecule has 1 atom stereocenters. The Kier molecular flexibility index (Phi) is 5.72. The summed E-state index contributed by atoms with van der Waals surface area (Å²) in [6.07, 6.45) is 3.89. The van der Waals surface area contributed by atoms with E-state index in [2.05, 4.69) is 10.3 Å². The maximum absolute atomic E-state index is 12.2. The first-order valence-electron chi connectivity index (χ1n) is 7.80. The van der Waals surface area contributed by atoms with Gasteiger partial charge in [0, 0.05) is 12.5 Å². The molecule has 0 aliphatic rings. The minimum absolute atomic E-state index is 0.115. The smallest absolute Gasteiger partial charge is 0.224 e. The van der Waals surface area contributed by atoms with Crippen LogP contribution in [0.4, 0.5) is 0 Å². The number of hydrogen-bond donors (Lipinski definition) is 1. The molecule has 24 heavy (non-hydrogen) atoms. The maximum Gasteiger partial charge on any atom is 0.224 e. The van der Waals surface area contributed by atoms with Crippen molar-refractivity contribution in [3.63, 3.8) is 0 Å². The van der Waals surface area contributed by atoms with Crippen molar-refractivity contribution in [2.75, 3.05) is 6.26 Å². The van der Waals surface area contributed by atoms with Crippen LogP contribution in [0.15, 0.2) is 47.5 Å². The number of sulfone groups is 1. The largest absolute Gasteiger partial charge is 0.347 e. The fourth-order valence-corrected chi connectivity index (χ4v) is 2.99. The number of pyridine rings is 1. The molecule has 0 saturated carbocycles. The molecule has 2 rings (SSSR count). The molecule has 0 saturated heterocycles. The average Bonchev–Trinajstić information content (AvgIpc) is 2.53. The molecule has 1 heterocycles. The number of aromatic nitrogens is 1. The van der Waals surface area contributed by atoms with Gasteiger partial charge in [0.2, 0.25) is 5.91 Å². The van der Waals surface area contributed by atoms with Crippen molar-refractivity contribution in [3.05, 3.63) is 59.4 Å². The second-order valence-electron chi connectivity index (χ2n) is 5.88. The van der Waals surface area contributed by atoms with Crippen LogP contribution in [0.1, 0.15) is 36.2 Å². The minimum atomic E-state index is -3.22. The zero-order chi connectivity index (χ0) is 17.7. The number of carbonyl (C=O) groups is 1. The molecule has 2 aromatic rings. The first-order valence-corrected chi connectivity index (χ1v) is 9.69. The predicted octanol–water partition coefficient (Wildman–Crippen LogP) is 2.60. The molecule has 6 heteroatoms. The first-order chi connectivity index (χ1) is 11.3. The van der Waals surface area contributed by atoms with Crippen molar-refractivity contribution >= 4 is 15.7 Å². The molecule has 0 radical (unpaired) electrons. The van der Waals surface area contributed by atoms with Gasteiger partial charge < -0.3 is 5.32 Å². The molecule has 0 aliphatic carbocycles. The summed E-state index contributed by atoms with van der Waals surface area (Å²) in [4.78, 5) is 16.9. The molecule has 0 unspecified atom stereocenters. The summed E-state index contributed by atoms with van der Waals surface area (Å²) in [5.74, 6) is -0.115. The lowest BCUT2D eigenvalue weighted by atomic mass is 10.1. The summed E-state index contributed by atoms with van der Waals surface area (Å²) in [7, 11) is -3.22. The molecule has 0 aliphatic heterocycles. The van der Waals surface area contributed by atoms with Gasteiger partial charge in [-0.15, -0.1) is 0 Å². The van der Waals surface area contributed by atoms with Crippen molar-refractivity contribution in [1.29, 1.82) is 0 Å². The lowest BCUT2D eigenvalue weighted by molar-refractivity contribution is -0.121. The van der Waals surface area contributed by atoms with E-state index < -0.39 is 9.84 Å². The van der Waals surface area contributed by atoms with Gasteiger partial charge in [-0.3, -0.25) is 9.78 Å². The number of carbonyl (C=O) groups excluding carboxylic acids is 1. The molecular weight excluding hydrogens is 324 g/mol. The highest BCUT2D eigenvalue weighted by molar-refractivity contribution is 7.90. The van der Waals surface area contributed by atoms with E-state index in [0.29, 0.717) is 0 Å². The van der Waals surface area contributed by atoms with Gasteiger partial charge in [0.25, 0.3) is 0 Å². The van der Waals surface area contributed by atoms with Crippen LogP contribution < -0.4 is 5.32 Å². The van der Waals surface area contributed by atoms with Crippen LogP contribution in [-0.2, 0) is 21.1 Å². The summed E-state index contributed by atoms with van der Waals surface area (Å²) in [6.45, 7) is 3.96. The average molecular weight is 346 g/mol. The van der Waals surface area contributed by atoms with E-state index >= 15 is 0 Å². The van der Waals surface area contributed by atoms with Crippen LogP contribution >= 0.6 is 0 Å². The van der Waals surface area contributed by atoms with Gasteiger partial charge in [0.1, 0.15) is 0 Å². The van der Waals surface area contributed by atoms with Crippen molar-refractivity contribution < 1.29 is 13.2 Å². The Labute approximate surface area is 143 Å². The third-order valence-electron chi connectivity index (χ3n) is 3.75. The molecule has 1 aromatic carbocycles. The Morgan fingerprint density at radius 2 is 1.83 bits per heavy atom. The third-order valence-corrected chi connectivity index (χ3v) is 4.88. The number of benzene rings is 1. The van der Waals surface area contributed by atoms with E-state index in [-0.39, 0.29) is 23.3 Å². The molecule has 0 fully saturated rings. The first kappa shape index (κ1) is 18.1. The van der Waals surface area contributed by atoms with E-state index in [4.69, 9.17) is 0 Å². The van der Waals surface area contributed by atoms with Crippen LogP contribution in [0.3, 0.4) is 0 Å². The molecule has 1 N–H and O–H groups in total. The predicted molar refractivity (Wildman–Crippen MR) is 93.4 cm³/mol. The van der Waals surface area contributed by atoms with Crippen LogP contribution in [0, 0.1) is 6.92 Å². The number of rotatable bonds is 6. The number of aryl methyl sites for hydroxylation is 1. The van der Waals surface area contributed by atoms with E-state index in [9.17, 15) is 13.2 Å². The van der Waals surface area contributed by atoms with Gasteiger partial charge in [-0.2, -0.15) is 0 Å². The Morgan fingerprint density at radius 1 is 1.17 bits per heavy atom. The fourth-order valence-electron chi connectivity index (χ4n) is 2.36. The zero-order valence-electron chi connectivity index (χ0n) is 14.1. The van der Waals surface area contributed by atoms with Crippen molar-refractivity contribution in [2.24, 2.45) is 0 Å². The Hall–Kier alpha value is -2.21. The summed E-state index contributed by atoms with van der Waals surface area (Å²) < 4.78 is 22.9. The highest BCUT2D eigenvalue weighted by atomic mass is 32.2. The molecular formula is C18H22N2O3S. The van der Waals surface area contributed by atoms with Gasteiger partial charge in [0.15, 0.2) is 9.84 Å². The fraction of sp³-hybridized carbons (Fsp3) is 0.333. The van der Waals surface area contributed by atoms with Crippen molar-refractivity contribution in [2.45, 2.75) is 37.6 Å². The van der Waals surface area contributed by atoms with Crippen LogP contribution in [-0.4, -0.2) is 25.6 Å². The van der Waals surface area contributed by atoms with Gasteiger partial charge in [-0.25, -0.2) is 8.42 Å². The Bertz CT molecular complexity index is 797. The molecule has 1 amide bonds. The molecule has 5 nitrogen and oxygen atoms in total. The van der Waals surface area contributed by atoms with Gasteiger partial charge in [-0.1, -0.05) is 25.1 Å². The summed E-state index contributed by atoms with van der Waals surface area (Å²) >= 11 is 0. The Balaban J connectivity index is 2.02. The van der Waals surface area contributed by atoms with Crippen LogP contribution in [0.2, 0.25) is 0 Å².